The summed E-state index contributed by atoms with van der Waals surface area (Å²) in [5.41, 5.74) is 0.630. The van der Waals surface area contributed by atoms with Crippen LogP contribution in [0.2, 0.25) is 0 Å². The highest BCUT2D eigenvalue weighted by Gasteiger charge is 2.41. The number of ether oxygens (including phenoxy) is 1. The van der Waals surface area contributed by atoms with E-state index < -0.39 is 6.36 Å². The van der Waals surface area contributed by atoms with Gasteiger partial charge in [0.2, 0.25) is 5.95 Å². The molecule has 2 bridgehead atoms. The van der Waals surface area contributed by atoms with Gasteiger partial charge in [0.25, 0.3) is 0 Å². The van der Waals surface area contributed by atoms with Crippen LogP contribution in [0, 0.1) is 29.1 Å². The minimum absolute atomic E-state index is 0.0257. The molecule has 11 heteroatoms. The number of aliphatic hydroxyl groups is 1. The maximum absolute atomic E-state index is 12.8. The summed E-state index contributed by atoms with van der Waals surface area (Å²) in [5, 5.41) is 29.7. The zero-order chi connectivity index (χ0) is 28.1. The highest BCUT2D eigenvalue weighted by Crippen LogP contribution is 2.43. The lowest BCUT2D eigenvalue weighted by Gasteiger charge is -2.48. The third-order valence-electron chi connectivity index (χ3n) is 8.67. The quantitative estimate of drug-likeness (QED) is 0.325. The molecule has 40 heavy (non-hydrogen) atoms. The third-order valence-corrected chi connectivity index (χ3v) is 8.67. The summed E-state index contributed by atoms with van der Waals surface area (Å²) in [4.78, 5) is 8.64. The number of aliphatic hydroxyl groups excluding tert-OH is 1. The van der Waals surface area contributed by atoms with Crippen molar-refractivity contribution in [1.29, 1.82) is 5.26 Å². The highest BCUT2D eigenvalue weighted by atomic mass is 19.4. The predicted molar refractivity (Wildman–Crippen MR) is 144 cm³/mol. The summed E-state index contributed by atoms with van der Waals surface area (Å²) in [5.74, 6) is 2.07. The molecular weight excluding hydrogens is 521 g/mol. The molecule has 1 unspecified atom stereocenters. The number of hydrogen-bond acceptors (Lipinski definition) is 8. The first-order valence-corrected chi connectivity index (χ1v) is 14.3. The second-order valence-electron chi connectivity index (χ2n) is 11.4. The van der Waals surface area contributed by atoms with Gasteiger partial charge in [0, 0.05) is 30.7 Å². The van der Waals surface area contributed by atoms with E-state index in [2.05, 4.69) is 36.7 Å². The fraction of sp³-hybridized carbons (Fsp3) is 0.621. The van der Waals surface area contributed by atoms with E-state index in [1.165, 1.54) is 43.7 Å². The molecule has 0 saturated heterocycles. The number of anilines is 2. The van der Waals surface area contributed by atoms with E-state index in [4.69, 9.17) is 0 Å². The van der Waals surface area contributed by atoms with Crippen molar-refractivity contribution in [3.63, 3.8) is 0 Å². The number of nitrogens with one attached hydrogen (secondary N) is 3. The van der Waals surface area contributed by atoms with Crippen molar-refractivity contribution in [2.45, 2.75) is 88.9 Å². The summed E-state index contributed by atoms with van der Waals surface area (Å²) in [6, 6.07) is 9.08. The van der Waals surface area contributed by atoms with Crippen LogP contribution >= 0.6 is 0 Å². The van der Waals surface area contributed by atoms with Gasteiger partial charge in [-0.25, -0.2) is 4.98 Å². The number of benzene rings is 1. The minimum Gasteiger partial charge on any atom is -0.405 e. The summed E-state index contributed by atoms with van der Waals surface area (Å²) < 4.78 is 42.4. The molecule has 0 radical (unpaired) electrons. The fourth-order valence-electron chi connectivity index (χ4n) is 6.79. The highest BCUT2D eigenvalue weighted by molar-refractivity contribution is 5.53. The maximum atomic E-state index is 12.8. The number of para-hydroxylation sites is 1. The molecule has 0 aliphatic heterocycles. The van der Waals surface area contributed by atoms with Crippen molar-refractivity contribution >= 4 is 11.8 Å². The van der Waals surface area contributed by atoms with Gasteiger partial charge in [-0.15, -0.1) is 13.2 Å². The van der Waals surface area contributed by atoms with Gasteiger partial charge in [-0.1, -0.05) is 24.6 Å². The molecule has 3 fully saturated rings. The van der Waals surface area contributed by atoms with Crippen molar-refractivity contribution in [2.75, 3.05) is 17.2 Å². The van der Waals surface area contributed by atoms with Crippen molar-refractivity contribution in [1.82, 2.24) is 15.3 Å². The number of halogens is 3. The van der Waals surface area contributed by atoms with Crippen molar-refractivity contribution in [2.24, 2.45) is 17.8 Å². The average Bonchev–Trinajstić information content (AvgIpc) is 2.92. The first kappa shape index (κ1) is 28.4. The molecule has 1 heterocycles. The Labute approximate surface area is 232 Å². The molecule has 3 saturated carbocycles. The number of nitriles is 1. The van der Waals surface area contributed by atoms with Gasteiger partial charge in [0.15, 0.2) is 0 Å². The first-order valence-electron chi connectivity index (χ1n) is 14.3. The molecule has 0 amide bonds. The van der Waals surface area contributed by atoms with Crippen molar-refractivity contribution < 1.29 is 23.0 Å². The van der Waals surface area contributed by atoms with Gasteiger partial charge in [-0.3, -0.25) is 0 Å². The molecule has 4 N–H and O–H groups in total. The van der Waals surface area contributed by atoms with Gasteiger partial charge < -0.3 is 25.8 Å². The summed E-state index contributed by atoms with van der Waals surface area (Å²) in [6.07, 6.45) is 6.31. The van der Waals surface area contributed by atoms with Crippen LogP contribution in [0.15, 0.2) is 30.5 Å². The average molecular weight is 559 g/mol. The van der Waals surface area contributed by atoms with Gasteiger partial charge in [-0.05, 0) is 75.2 Å². The lowest BCUT2D eigenvalue weighted by molar-refractivity contribution is -0.274. The first-order chi connectivity index (χ1) is 19.3. The molecule has 0 spiro atoms. The normalized spacial score (nSPS) is 28.4. The standard InChI is InChI=1S/C29H37F3N6O2/c30-29(31,32)40-25-7-2-1-4-21(25)16-35-28-36-17-22(14-33)27(38-28)34-15-18-12-19-5-3-6-20(13-18)26(19)37-23-8-10-24(39)11-9-23/h1-2,4,7,17-20,23-24,26,37,39H,3,5-6,8-13,15-16H2,(H2,34,35,36,38)/t18?,19-,20+,23?,24?,26-. The molecule has 4 atom stereocenters. The molecule has 2 aromatic rings. The SMILES string of the molecule is N#Cc1cnc(NCc2ccccc2OC(F)(F)F)nc1NCC1C[C@H]2CCC[C@@H](C1)[C@@H]2NC1CCC(O)CC1. The van der Waals surface area contributed by atoms with Crippen LogP contribution < -0.4 is 20.7 Å². The Morgan fingerprint density at radius 2 is 1.75 bits per heavy atom. The molecule has 1 aromatic heterocycles. The Bertz CT molecular complexity index is 1170. The Hall–Kier alpha value is -3.10. The topological polar surface area (TPSA) is 115 Å². The van der Waals surface area contributed by atoms with Crippen LogP contribution in [0.3, 0.4) is 0 Å². The largest absolute Gasteiger partial charge is 0.573 e. The van der Waals surface area contributed by atoms with Gasteiger partial charge >= 0.3 is 6.36 Å². The van der Waals surface area contributed by atoms with Crippen molar-refractivity contribution in [3.8, 4) is 11.8 Å². The minimum atomic E-state index is -4.79. The number of nitrogens with zero attached hydrogens (tertiary/aromatic N) is 3. The van der Waals surface area contributed by atoms with Crippen LogP contribution in [0.4, 0.5) is 24.9 Å². The molecule has 1 aromatic carbocycles. The second kappa shape index (κ2) is 12.6. The number of hydrogen-bond donors (Lipinski definition) is 4. The van der Waals surface area contributed by atoms with Gasteiger partial charge in [0.05, 0.1) is 12.3 Å². The Morgan fingerprint density at radius 1 is 1.02 bits per heavy atom. The monoisotopic (exact) mass is 558 g/mol. The molecule has 3 aliphatic rings. The Morgan fingerprint density at radius 3 is 2.45 bits per heavy atom. The zero-order valence-electron chi connectivity index (χ0n) is 22.5. The van der Waals surface area contributed by atoms with Crippen LogP contribution in [-0.2, 0) is 6.54 Å². The van der Waals surface area contributed by atoms with Crippen molar-refractivity contribution in [3.05, 3.63) is 41.6 Å². The van der Waals surface area contributed by atoms with Crippen LogP contribution in [0.5, 0.6) is 5.75 Å². The van der Waals surface area contributed by atoms with Crippen LogP contribution in [0.25, 0.3) is 0 Å². The number of aromatic nitrogens is 2. The predicted octanol–water partition coefficient (Wildman–Crippen LogP) is 5.36. The fourth-order valence-corrected chi connectivity index (χ4v) is 6.79. The van der Waals surface area contributed by atoms with Gasteiger partial charge in [0.1, 0.15) is 23.2 Å². The third kappa shape index (κ3) is 7.34. The second-order valence-corrected chi connectivity index (χ2v) is 11.4. The number of fused-ring (bicyclic) bond motifs is 2. The van der Waals surface area contributed by atoms with Crippen LogP contribution in [-0.4, -0.2) is 46.2 Å². The molecule has 5 rings (SSSR count). The lowest BCUT2D eigenvalue weighted by atomic mass is 9.64. The molecule has 8 nitrogen and oxygen atoms in total. The zero-order valence-corrected chi connectivity index (χ0v) is 22.5. The molecular formula is C29H37F3N6O2. The summed E-state index contributed by atoms with van der Waals surface area (Å²) in [7, 11) is 0. The van der Waals surface area contributed by atoms with E-state index in [9.17, 15) is 23.5 Å². The van der Waals surface area contributed by atoms with Crippen LogP contribution in [0.1, 0.15) is 68.9 Å². The van der Waals surface area contributed by atoms with E-state index >= 15 is 0 Å². The van der Waals surface area contributed by atoms with E-state index in [0.29, 0.717) is 53.3 Å². The lowest BCUT2D eigenvalue weighted by Crippen LogP contribution is -2.53. The van der Waals surface area contributed by atoms with E-state index in [1.807, 2.05) is 0 Å². The van der Waals surface area contributed by atoms with Gasteiger partial charge in [-0.2, -0.15) is 10.2 Å². The number of alkyl halides is 3. The number of rotatable bonds is 9. The Kier molecular flexibility index (Phi) is 8.96. The van der Waals surface area contributed by atoms with E-state index in [1.54, 1.807) is 6.07 Å². The molecule has 3 aliphatic carbocycles. The molecule has 216 valence electrons. The van der Waals surface area contributed by atoms with E-state index in [-0.39, 0.29) is 24.3 Å². The summed E-state index contributed by atoms with van der Waals surface area (Å²) in [6.45, 7) is 0.723. The van der Waals surface area contributed by atoms with E-state index in [0.717, 1.165) is 38.5 Å². The smallest absolute Gasteiger partial charge is 0.405 e. The Balaban J connectivity index is 1.18. The summed E-state index contributed by atoms with van der Waals surface area (Å²) >= 11 is 0. The maximum Gasteiger partial charge on any atom is 0.573 e.